The summed E-state index contributed by atoms with van der Waals surface area (Å²) in [6, 6.07) is -0.779. The lowest BCUT2D eigenvalue weighted by Gasteiger charge is -2.31. The first kappa shape index (κ1) is 19.0. The van der Waals surface area contributed by atoms with Crippen LogP contribution in [0.15, 0.2) is 4.99 Å². The van der Waals surface area contributed by atoms with Crippen LogP contribution in [0.1, 0.15) is 20.3 Å². The van der Waals surface area contributed by atoms with Gasteiger partial charge in [-0.25, -0.2) is 9.37 Å². The molecule has 2 fully saturated rings. The molecule has 0 bridgehead atoms. The van der Waals surface area contributed by atoms with E-state index in [0.29, 0.717) is 11.8 Å². The van der Waals surface area contributed by atoms with Crippen LogP contribution in [0.25, 0.3) is 0 Å². The Bertz CT molecular complexity index is 648. The van der Waals surface area contributed by atoms with E-state index >= 15 is 0 Å². The lowest BCUT2D eigenvalue weighted by molar-refractivity contribution is -0.537. The maximum Gasteiger partial charge on any atom is 0.333 e. The van der Waals surface area contributed by atoms with Crippen LogP contribution in [0.3, 0.4) is 0 Å². The summed E-state index contributed by atoms with van der Waals surface area (Å²) in [6.07, 6.45) is 0.986. The van der Waals surface area contributed by atoms with E-state index in [4.69, 9.17) is 4.99 Å². The third-order valence-electron chi connectivity index (χ3n) is 5.52. The van der Waals surface area contributed by atoms with Gasteiger partial charge in [-0.05, 0) is 24.4 Å². The van der Waals surface area contributed by atoms with Gasteiger partial charge in [-0.15, -0.1) is 0 Å². The van der Waals surface area contributed by atoms with Gasteiger partial charge in [0.05, 0.1) is 6.54 Å². The van der Waals surface area contributed by atoms with E-state index in [1.54, 1.807) is 14.1 Å². The molecule has 0 spiro atoms. The molecule has 0 N–H and O–H groups in total. The van der Waals surface area contributed by atoms with Gasteiger partial charge in [-0.1, -0.05) is 13.8 Å². The van der Waals surface area contributed by atoms with E-state index < -0.39 is 6.04 Å². The average Bonchev–Trinajstić information content (AvgIpc) is 2.96. The predicted octanol–water partition coefficient (Wildman–Crippen LogP) is -0.00460. The molecule has 26 heavy (non-hydrogen) atoms. The number of fused-ring (bicyclic) bond motifs is 1. The highest BCUT2D eigenvalue weighted by molar-refractivity contribution is 6.23. The molecule has 0 aromatic carbocycles. The van der Waals surface area contributed by atoms with Crippen LogP contribution < -0.4 is 0 Å². The number of carbonyl (C=O) groups excluding carboxylic acids is 2. The second kappa shape index (κ2) is 7.44. The summed E-state index contributed by atoms with van der Waals surface area (Å²) in [5, 5.41) is 0. The molecule has 0 aromatic rings. The molecular weight excluding hydrogens is 332 g/mol. The number of amidine groups is 2. The standard InChI is InChI=1S/C18H31N6O2/c1-13(2)6-7-24-14(12-23-10-8-20(3)9-11-23)19-16-15(24)17(25)22(5)18(26)21(16)4/h13,15H,6-12H2,1-5H3/q+1. The van der Waals surface area contributed by atoms with E-state index in [2.05, 4.69) is 35.3 Å². The Morgan fingerprint density at radius 2 is 1.73 bits per heavy atom. The Balaban J connectivity index is 1.87. The first-order valence-corrected chi connectivity index (χ1v) is 9.46. The van der Waals surface area contributed by atoms with Crippen LogP contribution in [0.4, 0.5) is 4.79 Å². The zero-order valence-electron chi connectivity index (χ0n) is 16.6. The molecule has 144 valence electrons. The molecule has 8 nitrogen and oxygen atoms in total. The second-order valence-corrected chi connectivity index (χ2v) is 7.98. The molecule has 3 amide bonds. The molecule has 2 saturated heterocycles. The first-order chi connectivity index (χ1) is 12.3. The Hall–Kier alpha value is -1.80. The minimum atomic E-state index is -0.469. The van der Waals surface area contributed by atoms with Crippen molar-refractivity contribution < 1.29 is 14.2 Å². The molecule has 0 aliphatic carbocycles. The number of nitrogens with zero attached hydrogens (tertiary/aromatic N) is 6. The van der Waals surface area contributed by atoms with Crippen LogP contribution in [-0.4, -0.2) is 114 Å². The van der Waals surface area contributed by atoms with Crippen molar-refractivity contribution in [3.05, 3.63) is 0 Å². The summed E-state index contributed by atoms with van der Waals surface area (Å²) in [6.45, 7) is 9.95. The van der Waals surface area contributed by atoms with Crippen molar-refractivity contribution in [1.82, 2.24) is 19.6 Å². The van der Waals surface area contributed by atoms with E-state index in [-0.39, 0.29) is 11.9 Å². The number of rotatable bonds is 5. The fourth-order valence-corrected chi connectivity index (χ4v) is 3.64. The molecule has 1 unspecified atom stereocenters. The second-order valence-electron chi connectivity index (χ2n) is 7.98. The summed E-state index contributed by atoms with van der Waals surface area (Å²) in [5.41, 5.74) is 0. The molecule has 3 heterocycles. The Labute approximate surface area is 155 Å². The van der Waals surface area contributed by atoms with Crippen molar-refractivity contribution >= 4 is 23.6 Å². The van der Waals surface area contributed by atoms with Crippen molar-refractivity contribution in [2.24, 2.45) is 10.9 Å². The lowest BCUT2D eigenvalue weighted by Crippen LogP contribution is -2.61. The predicted molar refractivity (Wildman–Crippen MR) is 101 cm³/mol. The highest BCUT2D eigenvalue weighted by atomic mass is 16.2. The van der Waals surface area contributed by atoms with Crippen molar-refractivity contribution in [2.75, 3.05) is 60.4 Å². The molecule has 8 heteroatoms. The maximum atomic E-state index is 12.8. The number of likely N-dealkylation sites (N-methyl/N-ethyl adjacent to an activating group) is 3. The van der Waals surface area contributed by atoms with Gasteiger partial charge < -0.3 is 4.90 Å². The van der Waals surface area contributed by atoms with Gasteiger partial charge in [-0.2, -0.15) is 0 Å². The van der Waals surface area contributed by atoms with Gasteiger partial charge in [-0.3, -0.25) is 19.5 Å². The lowest BCUT2D eigenvalue weighted by atomic mass is 10.1. The number of imide groups is 1. The van der Waals surface area contributed by atoms with Crippen LogP contribution in [0.2, 0.25) is 0 Å². The molecule has 0 aromatic heterocycles. The summed E-state index contributed by atoms with van der Waals surface area (Å²) in [4.78, 5) is 37.3. The number of piperazine rings is 1. The van der Waals surface area contributed by atoms with Gasteiger partial charge in [0.15, 0.2) is 0 Å². The zero-order chi connectivity index (χ0) is 19.0. The number of hydrogen-bond acceptors (Lipinski definition) is 5. The summed E-state index contributed by atoms with van der Waals surface area (Å²) < 4.78 is 2.12. The topological polar surface area (TPSA) is 62.5 Å². The van der Waals surface area contributed by atoms with Gasteiger partial charge in [0.1, 0.15) is 6.54 Å². The Morgan fingerprint density at radius 3 is 2.35 bits per heavy atom. The number of urea groups is 1. The molecule has 3 aliphatic heterocycles. The number of hydrogen-bond donors (Lipinski definition) is 0. The van der Waals surface area contributed by atoms with Crippen LogP contribution >= 0.6 is 0 Å². The van der Waals surface area contributed by atoms with Crippen LogP contribution in [0.5, 0.6) is 0 Å². The average molecular weight is 363 g/mol. The molecule has 3 aliphatic rings. The highest BCUT2D eigenvalue weighted by Gasteiger charge is 2.52. The third kappa shape index (κ3) is 3.53. The van der Waals surface area contributed by atoms with Gasteiger partial charge in [0, 0.05) is 40.3 Å². The van der Waals surface area contributed by atoms with E-state index in [1.165, 1.54) is 9.80 Å². The smallest absolute Gasteiger partial charge is 0.304 e. The normalized spacial score (nSPS) is 25.5. The Kier molecular flexibility index (Phi) is 5.43. The molecule has 3 rings (SSSR count). The SMILES string of the molecule is CC(C)CC[N+]1=C(CN2CCN(C)CC2)N=C2C1C(=O)N(C)C(=O)N2C. The fraction of sp³-hybridized carbons (Fsp3) is 0.778. The third-order valence-corrected chi connectivity index (χ3v) is 5.52. The van der Waals surface area contributed by atoms with Gasteiger partial charge in [0.25, 0.3) is 17.8 Å². The Morgan fingerprint density at radius 1 is 1.08 bits per heavy atom. The van der Waals surface area contributed by atoms with Gasteiger partial charge in [0.2, 0.25) is 0 Å². The monoisotopic (exact) mass is 363 g/mol. The maximum absolute atomic E-state index is 12.8. The van der Waals surface area contributed by atoms with E-state index in [0.717, 1.165) is 51.5 Å². The van der Waals surface area contributed by atoms with Crippen LogP contribution in [0, 0.1) is 5.92 Å². The summed E-state index contributed by atoms with van der Waals surface area (Å²) >= 11 is 0. The summed E-state index contributed by atoms with van der Waals surface area (Å²) in [7, 11) is 5.40. The largest absolute Gasteiger partial charge is 0.333 e. The number of amides is 3. The van der Waals surface area contributed by atoms with Crippen molar-refractivity contribution in [2.45, 2.75) is 26.3 Å². The van der Waals surface area contributed by atoms with Crippen molar-refractivity contribution in [3.63, 3.8) is 0 Å². The number of carbonyl (C=O) groups is 2. The highest BCUT2D eigenvalue weighted by Crippen LogP contribution is 2.20. The molecule has 0 radical (unpaired) electrons. The summed E-state index contributed by atoms with van der Waals surface area (Å²) in [5.74, 6) is 1.85. The fourth-order valence-electron chi connectivity index (χ4n) is 3.64. The molecule has 1 atom stereocenters. The first-order valence-electron chi connectivity index (χ1n) is 9.46. The van der Waals surface area contributed by atoms with Crippen molar-refractivity contribution in [3.8, 4) is 0 Å². The van der Waals surface area contributed by atoms with E-state index in [1.807, 2.05) is 0 Å². The minimum absolute atomic E-state index is 0.177. The number of aliphatic imine (C=N–C) groups is 1. The van der Waals surface area contributed by atoms with Crippen LogP contribution in [-0.2, 0) is 4.79 Å². The molecular formula is C18H31N6O2+. The molecule has 0 saturated carbocycles. The van der Waals surface area contributed by atoms with Crippen molar-refractivity contribution in [1.29, 1.82) is 0 Å². The quantitative estimate of drug-likeness (QED) is 0.645. The zero-order valence-corrected chi connectivity index (χ0v) is 16.6. The van der Waals surface area contributed by atoms with Gasteiger partial charge >= 0.3 is 11.9 Å². The minimum Gasteiger partial charge on any atom is -0.304 e. The van der Waals surface area contributed by atoms with E-state index in [9.17, 15) is 9.59 Å².